The molecule has 1 spiro atoms. The highest BCUT2D eigenvalue weighted by Crippen LogP contribution is 2.47. The molecule has 3 aliphatic rings. The second-order valence-corrected chi connectivity index (χ2v) is 9.71. The zero-order valence-corrected chi connectivity index (χ0v) is 18.5. The van der Waals surface area contributed by atoms with Gasteiger partial charge in [0.25, 0.3) is 0 Å². The molecular weight excluding hydrogens is 406 g/mol. The summed E-state index contributed by atoms with van der Waals surface area (Å²) in [6.45, 7) is 3.16. The van der Waals surface area contributed by atoms with Crippen molar-refractivity contribution in [1.29, 1.82) is 0 Å². The summed E-state index contributed by atoms with van der Waals surface area (Å²) >= 11 is 1.51. The number of aryl methyl sites for hydroxylation is 1. The average Bonchev–Trinajstić information content (AvgIpc) is 2.82. The molecular formula is C26H27NO3S. The lowest BCUT2D eigenvalue weighted by Crippen LogP contribution is -2.49. The standard InChI is InChI=1S/C26H27NO3S/c28-22-20-11-4-5-12-21(20)24-25(23(22)29)31-18-26(30-24)13-16-27(17-14-26)15-7-6-10-19-8-2-1-3-9-19/h1-5,8-9,11-12H,6-7,10,13-18H2. The maximum absolute atomic E-state index is 12.6. The molecule has 0 bridgehead atoms. The van der Waals surface area contributed by atoms with E-state index in [0.717, 1.165) is 50.2 Å². The molecule has 0 atom stereocenters. The number of allylic oxidation sites excluding steroid dienone is 1. The molecule has 2 aromatic rings. The van der Waals surface area contributed by atoms with Crippen molar-refractivity contribution < 1.29 is 14.3 Å². The van der Waals surface area contributed by atoms with E-state index in [1.165, 1.54) is 30.2 Å². The fraction of sp³-hybridized carbons (Fsp3) is 0.385. The molecule has 4 nitrogen and oxygen atoms in total. The molecule has 0 amide bonds. The first-order valence-corrected chi connectivity index (χ1v) is 12.1. The van der Waals surface area contributed by atoms with Crippen LogP contribution in [0.3, 0.4) is 0 Å². The van der Waals surface area contributed by atoms with E-state index in [-0.39, 0.29) is 5.60 Å². The number of hydrogen-bond donors (Lipinski definition) is 0. The molecule has 1 aliphatic carbocycles. The monoisotopic (exact) mass is 433 g/mol. The van der Waals surface area contributed by atoms with Gasteiger partial charge in [0.2, 0.25) is 11.6 Å². The van der Waals surface area contributed by atoms with Crippen molar-refractivity contribution in [2.75, 3.05) is 25.4 Å². The lowest BCUT2D eigenvalue weighted by atomic mass is 9.90. The second kappa shape index (κ2) is 8.64. The summed E-state index contributed by atoms with van der Waals surface area (Å²) in [6, 6.07) is 18.0. The van der Waals surface area contributed by atoms with Crippen molar-refractivity contribution in [2.24, 2.45) is 0 Å². The third kappa shape index (κ3) is 4.09. The minimum Gasteiger partial charge on any atom is -0.484 e. The molecule has 0 aromatic heterocycles. The molecule has 2 aromatic carbocycles. The van der Waals surface area contributed by atoms with E-state index in [0.29, 0.717) is 16.2 Å². The number of ketones is 2. The van der Waals surface area contributed by atoms with E-state index < -0.39 is 11.6 Å². The van der Waals surface area contributed by atoms with Gasteiger partial charge in [-0.15, -0.1) is 11.8 Å². The van der Waals surface area contributed by atoms with Crippen molar-refractivity contribution >= 4 is 29.1 Å². The van der Waals surface area contributed by atoms with Gasteiger partial charge in [0, 0.05) is 42.8 Å². The van der Waals surface area contributed by atoms with E-state index in [1.807, 2.05) is 12.1 Å². The third-order valence-electron chi connectivity index (χ3n) is 6.63. The highest BCUT2D eigenvalue weighted by atomic mass is 32.2. The van der Waals surface area contributed by atoms with Crippen molar-refractivity contribution in [3.8, 4) is 0 Å². The van der Waals surface area contributed by atoms with Crippen LogP contribution >= 0.6 is 11.8 Å². The van der Waals surface area contributed by atoms with Crippen LogP contribution in [-0.4, -0.2) is 47.5 Å². The van der Waals surface area contributed by atoms with Gasteiger partial charge in [0.15, 0.2) is 0 Å². The number of nitrogens with zero attached hydrogens (tertiary/aromatic N) is 1. The highest BCUT2D eigenvalue weighted by molar-refractivity contribution is 8.04. The first-order valence-electron chi connectivity index (χ1n) is 11.2. The first kappa shape index (κ1) is 20.5. The number of hydrogen-bond acceptors (Lipinski definition) is 5. The van der Waals surface area contributed by atoms with Gasteiger partial charge in [0.1, 0.15) is 16.3 Å². The predicted octanol–water partition coefficient (Wildman–Crippen LogP) is 4.74. The zero-order valence-electron chi connectivity index (χ0n) is 17.6. The van der Waals surface area contributed by atoms with Gasteiger partial charge >= 0.3 is 0 Å². The molecule has 5 heteroatoms. The summed E-state index contributed by atoms with van der Waals surface area (Å²) < 4.78 is 6.55. The molecule has 0 unspecified atom stereocenters. The molecule has 31 heavy (non-hydrogen) atoms. The summed E-state index contributed by atoms with van der Waals surface area (Å²) in [7, 11) is 0. The number of fused-ring (bicyclic) bond motifs is 2. The van der Waals surface area contributed by atoms with Gasteiger partial charge in [0.05, 0.1) is 0 Å². The molecule has 0 N–H and O–H groups in total. The number of piperidine rings is 1. The summed E-state index contributed by atoms with van der Waals surface area (Å²) in [5, 5.41) is 0. The lowest BCUT2D eigenvalue weighted by molar-refractivity contribution is -0.111. The van der Waals surface area contributed by atoms with E-state index >= 15 is 0 Å². The topological polar surface area (TPSA) is 46.6 Å². The van der Waals surface area contributed by atoms with E-state index in [4.69, 9.17) is 4.74 Å². The van der Waals surface area contributed by atoms with Crippen molar-refractivity contribution in [3.63, 3.8) is 0 Å². The Morgan fingerprint density at radius 2 is 1.58 bits per heavy atom. The summed E-state index contributed by atoms with van der Waals surface area (Å²) in [5.74, 6) is 0.554. The Morgan fingerprint density at radius 1 is 0.871 bits per heavy atom. The molecule has 0 saturated carbocycles. The van der Waals surface area contributed by atoms with E-state index in [1.54, 1.807) is 12.1 Å². The second-order valence-electron chi connectivity index (χ2n) is 8.72. The molecule has 1 fully saturated rings. The van der Waals surface area contributed by atoms with Crippen LogP contribution in [0.4, 0.5) is 0 Å². The highest BCUT2D eigenvalue weighted by Gasteiger charge is 2.45. The number of likely N-dealkylation sites (tertiary alicyclic amines) is 1. The fourth-order valence-electron chi connectivity index (χ4n) is 4.75. The number of ether oxygens (including phenoxy) is 1. The van der Waals surface area contributed by atoms with Gasteiger partial charge in [-0.3, -0.25) is 9.59 Å². The number of carbonyl (C=O) groups is 2. The summed E-state index contributed by atoms with van der Waals surface area (Å²) in [5.41, 5.74) is 2.42. The zero-order chi connectivity index (χ0) is 21.3. The summed E-state index contributed by atoms with van der Waals surface area (Å²) in [6.07, 6.45) is 5.47. The van der Waals surface area contributed by atoms with Crippen molar-refractivity contribution in [3.05, 3.63) is 76.2 Å². The summed E-state index contributed by atoms with van der Waals surface area (Å²) in [4.78, 5) is 28.1. The van der Waals surface area contributed by atoms with Crippen LogP contribution in [0.1, 0.15) is 47.2 Å². The number of Topliss-reactive ketones (excluding diaryl/α,β-unsaturated/α-hetero) is 2. The van der Waals surface area contributed by atoms with Crippen molar-refractivity contribution in [2.45, 2.75) is 37.7 Å². The third-order valence-corrected chi connectivity index (χ3v) is 7.96. The Kier molecular flexibility index (Phi) is 5.72. The normalized spacial score (nSPS) is 20.4. The smallest absolute Gasteiger partial charge is 0.243 e. The minimum atomic E-state index is -0.413. The molecule has 2 aliphatic heterocycles. The quantitative estimate of drug-likeness (QED) is 0.503. The van der Waals surface area contributed by atoms with Crippen LogP contribution in [0.15, 0.2) is 59.5 Å². The van der Waals surface area contributed by atoms with Crippen LogP contribution in [0, 0.1) is 0 Å². The Hall–Kier alpha value is -2.37. The molecule has 0 radical (unpaired) electrons. The number of thioether (sulfide) groups is 1. The van der Waals surface area contributed by atoms with Gasteiger partial charge in [-0.1, -0.05) is 54.6 Å². The van der Waals surface area contributed by atoms with Gasteiger partial charge in [-0.25, -0.2) is 0 Å². The Bertz CT molecular complexity index is 1020. The SMILES string of the molecule is O=C1C(=O)c2ccccc2C2=C1SCC1(CCN(CCCCc3ccccc3)CC1)O2. The van der Waals surface area contributed by atoms with E-state index in [2.05, 4.69) is 35.2 Å². The number of unbranched alkanes of at least 4 members (excludes halogenated alkanes) is 1. The van der Waals surface area contributed by atoms with Gasteiger partial charge < -0.3 is 9.64 Å². The van der Waals surface area contributed by atoms with Crippen LogP contribution < -0.4 is 0 Å². The minimum absolute atomic E-state index is 0.238. The maximum atomic E-state index is 12.6. The average molecular weight is 434 g/mol. The largest absolute Gasteiger partial charge is 0.484 e. The van der Waals surface area contributed by atoms with Crippen molar-refractivity contribution in [1.82, 2.24) is 4.90 Å². The molecule has 5 rings (SSSR count). The van der Waals surface area contributed by atoms with Crippen LogP contribution in [0.25, 0.3) is 5.76 Å². The number of carbonyl (C=O) groups excluding carboxylic acids is 2. The molecule has 160 valence electrons. The first-order chi connectivity index (χ1) is 15.2. The van der Waals surface area contributed by atoms with Crippen LogP contribution in [0.2, 0.25) is 0 Å². The fourth-order valence-corrected chi connectivity index (χ4v) is 6.01. The number of benzene rings is 2. The predicted molar refractivity (Wildman–Crippen MR) is 124 cm³/mol. The molecule has 1 saturated heterocycles. The van der Waals surface area contributed by atoms with Gasteiger partial charge in [-0.05, 0) is 31.4 Å². The van der Waals surface area contributed by atoms with Crippen LogP contribution in [0.5, 0.6) is 0 Å². The Labute approximate surface area is 187 Å². The number of rotatable bonds is 5. The van der Waals surface area contributed by atoms with E-state index in [9.17, 15) is 9.59 Å². The molecule has 2 heterocycles. The lowest BCUT2D eigenvalue weighted by Gasteiger charge is -2.45. The van der Waals surface area contributed by atoms with Crippen LogP contribution in [-0.2, 0) is 16.0 Å². The Balaban J connectivity index is 1.19. The maximum Gasteiger partial charge on any atom is 0.243 e. The Morgan fingerprint density at radius 3 is 2.35 bits per heavy atom. The van der Waals surface area contributed by atoms with Gasteiger partial charge in [-0.2, -0.15) is 0 Å².